The molecule has 1 fully saturated rings. The summed E-state index contributed by atoms with van der Waals surface area (Å²) in [7, 11) is -3.37. The van der Waals surface area contributed by atoms with Gasteiger partial charge < -0.3 is 15.8 Å². The predicted octanol–water partition coefficient (Wildman–Crippen LogP) is 3.66. The van der Waals surface area contributed by atoms with Gasteiger partial charge in [-0.15, -0.1) is 0 Å². The van der Waals surface area contributed by atoms with E-state index in [0.29, 0.717) is 37.2 Å². The Morgan fingerprint density at radius 1 is 1.34 bits per heavy atom. The highest BCUT2D eigenvalue weighted by Gasteiger charge is 2.36. The highest BCUT2D eigenvalue weighted by molar-refractivity contribution is 9.10. The molecule has 0 bridgehead atoms. The summed E-state index contributed by atoms with van der Waals surface area (Å²) in [4.78, 5) is 0. The molecular weight excluding hydrogens is 500 g/mol. The summed E-state index contributed by atoms with van der Waals surface area (Å²) in [6.07, 6.45) is 5.92. The van der Waals surface area contributed by atoms with Crippen molar-refractivity contribution < 1.29 is 18.3 Å². The number of benzene rings is 1. The average Bonchev–Trinajstić information content (AvgIpc) is 3.54. The number of sulfonamides is 1. The number of halogens is 1. The highest BCUT2D eigenvalue weighted by Crippen LogP contribution is 2.31. The van der Waals surface area contributed by atoms with E-state index in [-0.39, 0.29) is 29.1 Å². The molecule has 1 aliphatic heterocycles. The zero-order valence-corrected chi connectivity index (χ0v) is 20.0. The molecule has 2 heterocycles. The SMILES string of the molecule is Cc1ccc(N/C(=N\O)c2nonc2NCC2=CCCN2S(=O)(=O)C2CCCC2)cc1Br. The fourth-order valence-electron chi connectivity index (χ4n) is 3.98. The second-order valence-corrected chi connectivity index (χ2v) is 10.9. The van der Waals surface area contributed by atoms with Crippen LogP contribution in [0.4, 0.5) is 11.5 Å². The van der Waals surface area contributed by atoms with Crippen molar-refractivity contribution in [3.8, 4) is 0 Å². The monoisotopic (exact) mass is 524 g/mol. The number of aromatic nitrogens is 2. The van der Waals surface area contributed by atoms with Gasteiger partial charge in [0.05, 0.1) is 11.8 Å². The van der Waals surface area contributed by atoms with Crippen molar-refractivity contribution in [1.82, 2.24) is 14.6 Å². The molecule has 0 spiro atoms. The lowest BCUT2D eigenvalue weighted by atomic mass is 10.2. The number of anilines is 2. The molecule has 32 heavy (non-hydrogen) atoms. The molecule has 0 saturated heterocycles. The molecule has 1 aromatic carbocycles. The molecule has 0 amide bonds. The van der Waals surface area contributed by atoms with E-state index in [0.717, 1.165) is 22.9 Å². The Bertz CT molecular complexity index is 1140. The van der Waals surface area contributed by atoms with E-state index in [1.807, 2.05) is 31.2 Å². The smallest absolute Gasteiger partial charge is 0.237 e. The highest BCUT2D eigenvalue weighted by atomic mass is 79.9. The van der Waals surface area contributed by atoms with Crippen LogP contribution in [0.3, 0.4) is 0 Å². The minimum atomic E-state index is -3.37. The fourth-order valence-corrected chi connectivity index (χ4v) is 6.48. The van der Waals surface area contributed by atoms with Gasteiger partial charge in [0.15, 0.2) is 5.69 Å². The van der Waals surface area contributed by atoms with E-state index in [2.05, 4.69) is 42.0 Å². The van der Waals surface area contributed by atoms with Crippen LogP contribution in [-0.2, 0) is 10.0 Å². The lowest BCUT2D eigenvalue weighted by Crippen LogP contribution is -2.37. The van der Waals surface area contributed by atoms with Gasteiger partial charge in [-0.05, 0) is 54.2 Å². The number of rotatable bonds is 7. The third kappa shape index (κ3) is 4.60. The van der Waals surface area contributed by atoms with Crippen LogP contribution in [-0.4, -0.2) is 52.4 Å². The van der Waals surface area contributed by atoms with Gasteiger partial charge >= 0.3 is 0 Å². The molecule has 0 unspecified atom stereocenters. The summed E-state index contributed by atoms with van der Waals surface area (Å²) < 4.78 is 33.3. The number of oxime groups is 1. The zero-order valence-electron chi connectivity index (χ0n) is 17.6. The zero-order chi connectivity index (χ0) is 22.7. The molecule has 1 aliphatic carbocycles. The van der Waals surface area contributed by atoms with Crippen LogP contribution in [0.15, 0.2) is 44.2 Å². The third-order valence-electron chi connectivity index (χ3n) is 5.75. The van der Waals surface area contributed by atoms with Crippen LogP contribution in [0.25, 0.3) is 0 Å². The molecule has 0 atom stereocenters. The summed E-state index contributed by atoms with van der Waals surface area (Å²) in [6, 6.07) is 5.59. The van der Waals surface area contributed by atoms with E-state index in [1.165, 1.54) is 4.31 Å². The summed E-state index contributed by atoms with van der Waals surface area (Å²) >= 11 is 3.47. The van der Waals surface area contributed by atoms with E-state index in [1.54, 1.807) is 0 Å². The minimum Gasteiger partial charge on any atom is -0.409 e. The van der Waals surface area contributed by atoms with E-state index < -0.39 is 10.0 Å². The molecule has 2 aliphatic rings. The maximum Gasteiger partial charge on any atom is 0.237 e. The van der Waals surface area contributed by atoms with Crippen LogP contribution in [0.2, 0.25) is 0 Å². The molecule has 0 radical (unpaired) electrons. The third-order valence-corrected chi connectivity index (χ3v) is 8.95. The maximum absolute atomic E-state index is 13.0. The van der Waals surface area contributed by atoms with Crippen LogP contribution in [0, 0.1) is 6.92 Å². The number of aryl methyl sites for hydroxylation is 1. The van der Waals surface area contributed by atoms with Gasteiger partial charge in [-0.1, -0.05) is 46.1 Å². The largest absolute Gasteiger partial charge is 0.409 e. The quantitative estimate of drug-likeness (QED) is 0.216. The van der Waals surface area contributed by atoms with Crippen LogP contribution in [0.1, 0.15) is 43.4 Å². The van der Waals surface area contributed by atoms with Crippen molar-refractivity contribution in [2.45, 2.75) is 44.3 Å². The molecule has 172 valence electrons. The van der Waals surface area contributed by atoms with E-state index in [4.69, 9.17) is 4.63 Å². The second kappa shape index (κ2) is 9.49. The van der Waals surface area contributed by atoms with Crippen LogP contribution >= 0.6 is 15.9 Å². The first-order valence-corrected chi connectivity index (χ1v) is 12.7. The normalized spacial score (nSPS) is 17.6. The van der Waals surface area contributed by atoms with Gasteiger partial charge in [0.1, 0.15) is 0 Å². The van der Waals surface area contributed by atoms with Crippen LogP contribution < -0.4 is 10.6 Å². The Hall–Kier alpha value is -2.60. The van der Waals surface area contributed by atoms with Crippen molar-refractivity contribution in [2.24, 2.45) is 5.16 Å². The molecular formula is C20H25BrN6O4S. The fraction of sp³-hybridized carbons (Fsp3) is 0.450. The Balaban J connectivity index is 1.46. The predicted molar refractivity (Wildman–Crippen MR) is 124 cm³/mol. The first-order chi connectivity index (χ1) is 15.4. The Morgan fingerprint density at radius 3 is 2.84 bits per heavy atom. The van der Waals surface area contributed by atoms with E-state index >= 15 is 0 Å². The Kier molecular flexibility index (Phi) is 6.70. The summed E-state index contributed by atoms with van der Waals surface area (Å²) in [5.74, 6) is 0.280. The van der Waals surface area contributed by atoms with Gasteiger partial charge in [0, 0.05) is 22.4 Å². The summed E-state index contributed by atoms with van der Waals surface area (Å²) in [5, 5.41) is 26.3. The first-order valence-electron chi connectivity index (χ1n) is 10.4. The van der Waals surface area contributed by atoms with E-state index in [9.17, 15) is 13.6 Å². The lowest BCUT2D eigenvalue weighted by Gasteiger charge is -2.26. The molecule has 4 rings (SSSR count). The summed E-state index contributed by atoms with van der Waals surface area (Å²) in [5.41, 5.74) is 2.58. The van der Waals surface area contributed by atoms with Crippen molar-refractivity contribution in [3.05, 3.63) is 45.7 Å². The van der Waals surface area contributed by atoms with Gasteiger partial charge in [-0.25, -0.2) is 13.0 Å². The van der Waals surface area contributed by atoms with Gasteiger partial charge in [-0.2, -0.15) is 0 Å². The standard InChI is InChI=1S/C20H25BrN6O4S/c1-13-8-9-14(11-17(13)21)23-20(24-28)18-19(26-31-25-18)22-12-15-5-4-10-27(15)32(29,30)16-6-2-3-7-16/h5,8-9,11,16,28H,2-4,6-7,10,12H2,1H3,(H,22,26)(H,23,24). The minimum absolute atomic E-state index is 0.0420. The topological polar surface area (TPSA) is 133 Å². The maximum atomic E-state index is 13.0. The molecule has 1 aromatic heterocycles. The number of nitrogens with zero attached hydrogens (tertiary/aromatic N) is 4. The molecule has 12 heteroatoms. The van der Waals surface area contributed by atoms with Crippen molar-refractivity contribution in [1.29, 1.82) is 0 Å². The molecule has 3 N–H and O–H groups in total. The Labute approximate surface area is 194 Å². The van der Waals surface area contributed by atoms with Gasteiger partial charge in [0.25, 0.3) is 0 Å². The van der Waals surface area contributed by atoms with Crippen molar-refractivity contribution >= 4 is 43.3 Å². The number of hydrogen-bond acceptors (Lipinski definition) is 8. The average molecular weight is 525 g/mol. The Morgan fingerprint density at radius 2 is 2.12 bits per heavy atom. The second-order valence-electron chi connectivity index (χ2n) is 7.86. The lowest BCUT2D eigenvalue weighted by molar-refractivity contribution is 0.305. The molecule has 2 aromatic rings. The van der Waals surface area contributed by atoms with Crippen molar-refractivity contribution in [2.75, 3.05) is 23.7 Å². The first kappa shape index (κ1) is 22.6. The number of hydrogen-bond donors (Lipinski definition) is 3. The number of nitrogens with one attached hydrogen (secondary N) is 2. The van der Waals surface area contributed by atoms with Gasteiger partial charge in [-0.3, -0.25) is 4.31 Å². The number of amidine groups is 1. The molecule has 10 nitrogen and oxygen atoms in total. The van der Waals surface area contributed by atoms with Crippen LogP contribution in [0.5, 0.6) is 0 Å². The molecule has 1 saturated carbocycles. The van der Waals surface area contributed by atoms with Crippen molar-refractivity contribution in [3.63, 3.8) is 0 Å². The van der Waals surface area contributed by atoms with Gasteiger partial charge in [0.2, 0.25) is 21.7 Å². The summed E-state index contributed by atoms with van der Waals surface area (Å²) in [6.45, 7) is 2.64.